The van der Waals surface area contributed by atoms with Crippen molar-refractivity contribution in [1.29, 1.82) is 0 Å². The minimum Gasteiger partial charge on any atom is -0.373 e. The summed E-state index contributed by atoms with van der Waals surface area (Å²) < 4.78 is 5.61. The van der Waals surface area contributed by atoms with E-state index in [1.165, 1.54) is 49.7 Å². The Balaban J connectivity index is 1.76. The van der Waals surface area contributed by atoms with Crippen molar-refractivity contribution in [3.8, 4) is 0 Å². The van der Waals surface area contributed by atoms with Crippen LogP contribution in [0.1, 0.15) is 69.4 Å². The summed E-state index contributed by atoms with van der Waals surface area (Å²) in [5, 5.41) is 0. The molecule has 1 aliphatic rings. The molecule has 0 spiro atoms. The molecule has 0 saturated heterocycles. The predicted octanol–water partition coefficient (Wildman–Crippen LogP) is 6.41. The van der Waals surface area contributed by atoms with Gasteiger partial charge in [-0.2, -0.15) is 0 Å². The van der Waals surface area contributed by atoms with Crippen LogP contribution in [0.5, 0.6) is 0 Å². The van der Waals surface area contributed by atoms with Crippen molar-refractivity contribution in [3.63, 3.8) is 0 Å². The molecule has 0 unspecified atom stereocenters. The summed E-state index contributed by atoms with van der Waals surface area (Å²) in [5.41, 5.74) is 2.79. The van der Waals surface area contributed by atoms with E-state index < -0.39 is 0 Å². The summed E-state index contributed by atoms with van der Waals surface area (Å²) in [6.07, 6.45) is 16.7. The number of hydrogen-bond acceptors (Lipinski definition) is 1. The summed E-state index contributed by atoms with van der Waals surface area (Å²) in [6.45, 7) is 5.64. The van der Waals surface area contributed by atoms with Gasteiger partial charge in [0.1, 0.15) is 0 Å². The van der Waals surface area contributed by atoms with Gasteiger partial charge < -0.3 is 4.74 Å². The molecule has 0 aromatic heterocycles. The highest BCUT2D eigenvalue weighted by molar-refractivity contribution is 5.25. The molecule has 1 nitrogen and oxygen atoms in total. The zero-order valence-electron chi connectivity index (χ0n) is 14.8. The van der Waals surface area contributed by atoms with Gasteiger partial charge in [0, 0.05) is 0 Å². The van der Waals surface area contributed by atoms with Gasteiger partial charge >= 0.3 is 0 Å². The second kappa shape index (κ2) is 10.4. The molecule has 1 fully saturated rings. The van der Waals surface area contributed by atoms with Gasteiger partial charge in [-0.15, -0.1) is 0 Å². The van der Waals surface area contributed by atoms with Crippen molar-refractivity contribution in [2.45, 2.75) is 64.9 Å². The Hall–Kier alpha value is -1.34. The lowest BCUT2D eigenvalue weighted by atomic mass is 9.77. The maximum Gasteiger partial charge on any atom is 0.0721 e. The highest BCUT2D eigenvalue weighted by atomic mass is 16.5. The summed E-state index contributed by atoms with van der Waals surface area (Å²) >= 11 is 0. The third-order valence-corrected chi connectivity index (χ3v) is 4.89. The van der Waals surface area contributed by atoms with Crippen LogP contribution in [-0.2, 0) is 11.3 Å². The van der Waals surface area contributed by atoms with Crippen molar-refractivity contribution >= 4 is 0 Å². The van der Waals surface area contributed by atoms with Crippen LogP contribution in [0.3, 0.4) is 0 Å². The third-order valence-electron chi connectivity index (χ3n) is 4.89. The van der Waals surface area contributed by atoms with E-state index in [0.717, 1.165) is 11.8 Å². The molecule has 1 aromatic carbocycles. The predicted molar refractivity (Wildman–Crippen MR) is 99.7 cm³/mol. The van der Waals surface area contributed by atoms with Gasteiger partial charge in [-0.25, -0.2) is 0 Å². The van der Waals surface area contributed by atoms with Gasteiger partial charge in [0.15, 0.2) is 0 Å². The van der Waals surface area contributed by atoms with Crippen LogP contribution in [0.2, 0.25) is 0 Å². The van der Waals surface area contributed by atoms with Gasteiger partial charge in [-0.05, 0) is 68.4 Å². The molecule has 0 amide bonds. The van der Waals surface area contributed by atoms with Gasteiger partial charge in [0.05, 0.1) is 13.2 Å². The Morgan fingerprint density at radius 1 is 1.00 bits per heavy atom. The second-order valence-corrected chi connectivity index (χ2v) is 6.66. The van der Waals surface area contributed by atoms with E-state index >= 15 is 0 Å². The first-order valence-electron chi connectivity index (χ1n) is 9.26. The van der Waals surface area contributed by atoms with Crippen molar-refractivity contribution in [3.05, 3.63) is 59.7 Å². The first-order valence-corrected chi connectivity index (χ1v) is 9.26. The van der Waals surface area contributed by atoms with Crippen molar-refractivity contribution in [1.82, 2.24) is 0 Å². The molecular weight excluding hydrogens is 280 g/mol. The molecule has 2 rings (SSSR count). The Morgan fingerprint density at radius 2 is 1.74 bits per heavy atom. The standard InChI is InChI=1S/C22H32O/c1-3-5-7-8-19-9-13-21(14-10-19)22-15-11-20(12-16-22)18-23-17-6-4-2/h4-7,11-12,15-16,19,21H,3,8-10,13-14,17-18H2,1-2H3/t19-,21-. The van der Waals surface area contributed by atoms with E-state index in [-0.39, 0.29) is 0 Å². The van der Waals surface area contributed by atoms with E-state index in [4.69, 9.17) is 4.74 Å². The van der Waals surface area contributed by atoms with Gasteiger partial charge in [-0.1, -0.05) is 55.5 Å². The van der Waals surface area contributed by atoms with Crippen molar-refractivity contribution < 1.29 is 4.74 Å². The molecule has 126 valence electrons. The van der Waals surface area contributed by atoms with Gasteiger partial charge in [-0.3, -0.25) is 0 Å². The first kappa shape index (κ1) is 18.0. The quantitative estimate of drug-likeness (QED) is 0.398. The summed E-state index contributed by atoms with van der Waals surface area (Å²) in [5.74, 6) is 1.67. The molecule has 23 heavy (non-hydrogen) atoms. The number of rotatable bonds is 8. The Morgan fingerprint density at radius 3 is 2.39 bits per heavy atom. The molecular formula is C22H32O. The monoisotopic (exact) mass is 312 g/mol. The molecule has 0 bridgehead atoms. The minimum absolute atomic E-state index is 0.703. The SMILES string of the molecule is CC=CCOCc1ccc([C@H]2CC[C@H](CC=CCC)CC2)cc1. The Bertz CT molecular complexity index is 475. The lowest BCUT2D eigenvalue weighted by Gasteiger charge is -2.28. The highest BCUT2D eigenvalue weighted by Crippen LogP contribution is 2.37. The molecule has 0 heterocycles. The van der Waals surface area contributed by atoms with Crippen molar-refractivity contribution in [2.24, 2.45) is 5.92 Å². The van der Waals surface area contributed by atoms with Crippen LogP contribution in [0.25, 0.3) is 0 Å². The number of allylic oxidation sites excluding steroid dienone is 3. The summed E-state index contributed by atoms with van der Waals surface area (Å²) in [6, 6.07) is 9.11. The van der Waals surface area contributed by atoms with E-state index in [1.54, 1.807) is 0 Å². The fraction of sp³-hybridized carbons (Fsp3) is 0.545. The van der Waals surface area contributed by atoms with Gasteiger partial charge in [0.2, 0.25) is 0 Å². The van der Waals surface area contributed by atoms with E-state index in [9.17, 15) is 0 Å². The topological polar surface area (TPSA) is 9.23 Å². The molecule has 0 atom stereocenters. The molecule has 1 aromatic rings. The molecule has 1 aliphatic carbocycles. The molecule has 0 N–H and O–H groups in total. The zero-order valence-corrected chi connectivity index (χ0v) is 14.8. The fourth-order valence-electron chi connectivity index (χ4n) is 3.41. The lowest BCUT2D eigenvalue weighted by molar-refractivity contribution is 0.148. The van der Waals surface area contributed by atoms with E-state index in [0.29, 0.717) is 13.2 Å². The first-order chi connectivity index (χ1) is 11.3. The van der Waals surface area contributed by atoms with Crippen LogP contribution in [0.4, 0.5) is 0 Å². The van der Waals surface area contributed by atoms with E-state index in [1.807, 2.05) is 19.1 Å². The average Bonchev–Trinajstić information content (AvgIpc) is 2.60. The third kappa shape index (κ3) is 6.35. The van der Waals surface area contributed by atoms with Crippen LogP contribution in [0, 0.1) is 5.92 Å². The molecule has 1 saturated carbocycles. The highest BCUT2D eigenvalue weighted by Gasteiger charge is 2.21. The second-order valence-electron chi connectivity index (χ2n) is 6.66. The number of hydrogen-bond donors (Lipinski definition) is 0. The smallest absolute Gasteiger partial charge is 0.0721 e. The molecule has 1 heteroatoms. The average molecular weight is 312 g/mol. The maximum absolute atomic E-state index is 5.61. The Kier molecular flexibility index (Phi) is 8.17. The summed E-state index contributed by atoms with van der Waals surface area (Å²) in [4.78, 5) is 0. The maximum atomic E-state index is 5.61. The van der Waals surface area contributed by atoms with Crippen LogP contribution < -0.4 is 0 Å². The fourth-order valence-corrected chi connectivity index (χ4v) is 3.41. The lowest BCUT2D eigenvalue weighted by Crippen LogP contribution is -2.12. The number of ether oxygens (including phenoxy) is 1. The van der Waals surface area contributed by atoms with Crippen molar-refractivity contribution in [2.75, 3.05) is 6.61 Å². The van der Waals surface area contributed by atoms with Crippen LogP contribution in [0.15, 0.2) is 48.6 Å². The largest absolute Gasteiger partial charge is 0.373 e. The summed E-state index contributed by atoms with van der Waals surface area (Å²) in [7, 11) is 0. The molecule has 0 aliphatic heterocycles. The van der Waals surface area contributed by atoms with E-state index in [2.05, 4.69) is 43.3 Å². The zero-order chi connectivity index (χ0) is 16.3. The number of benzene rings is 1. The minimum atomic E-state index is 0.703. The Labute approximate surface area is 142 Å². The van der Waals surface area contributed by atoms with Crippen LogP contribution in [-0.4, -0.2) is 6.61 Å². The van der Waals surface area contributed by atoms with Gasteiger partial charge in [0.25, 0.3) is 0 Å². The normalized spacial score (nSPS) is 22.2. The molecule has 0 radical (unpaired) electrons. The van der Waals surface area contributed by atoms with Crippen LogP contribution >= 0.6 is 0 Å².